The van der Waals surface area contributed by atoms with E-state index in [9.17, 15) is 22.8 Å². The number of rotatable bonds is 7. The second-order valence-corrected chi connectivity index (χ2v) is 8.36. The number of hydrogen-bond donors (Lipinski definition) is 2. The molecule has 11 heteroatoms. The lowest BCUT2D eigenvalue weighted by Gasteiger charge is -2.32. The Hall–Kier alpha value is -4.28. The summed E-state index contributed by atoms with van der Waals surface area (Å²) in [6.07, 6.45) is -2.59. The minimum atomic E-state index is -4.78. The van der Waals surface area contributed by atoms with Crippen molar-refractivity contribution in [3.8, 4) is 11.5 Å². The first-order valence-corrected chi connectivity index (χ1v) is 11.6. The average Bonchev–Trinajstić information content (AvgIpc) is 2.87. The molecule has 0 unspecified atom stereocenters. The van der Waals surface area contributed by atoms with E-state index in [1.807, 2.05) is 30.3 Å². The van der Waals surface area contributed by atoms with Crippen molar-refractivity contribution in [3.05, 3.63) is 84.2 Å². The van der Waals surface area contributed by atoms with E-state index in [0.717, 1.165) is 5.56 Å². The number of ether oxygens (including phenoxy) is 2. The van der Waals surface area contributed by atoms with E-state index < -0.39 is 6.36 Å². The van der Waals surface area contributed by atoms with Crippen LogP contribution in [-0.2, 0) is 6.54 Å². The largest absolute Gasteiger partial charge is 0.573 e. The third kappa shape index (κ3) is 7.86. The van der Waals surface area contributed by atoms with Crippen molar-refractivity contribution in [2.75, 3.05) is 18.4 Å². The summed E-state index contributed by atoms with van der Waals surface area (Å²) < 4.78 is 47.0. The van der Waals surface area contributed by atoms with Gasteiger partial charge in [0.05, 0.1) is 0 Å². The van der Waals surface area contributed by atoms with Crippen LogP contribution in [0.15, 0.2) is 72.9 Å². The number of benzene rings is 2. The average molecular weight is 515 g/mol. The third-order valence-corrected chi connectivity index (χ3v) is 5.61. The molecule has 1 aliphatic rings. The second kappa shape index (κ2) is 11.6. The number of anilines is 1. The Labute approximate surface area is 211 Å². The van der Waals surface area contributed by atoms with Gasteiger partial charge in [-0.05, 0) is 29.8 Å². The fraction of sp³-hybridized carbons (Fsp3) is 0.269. The van der Waals surface area contributed by atoms with Crippen LogP contribution >= 0.6 is 0 Å². The van der Waals surface area contributed by atoms with Crippen molar-refractivity contribution in [3.63, 3.8) is 0 Å². The summed E-state index contributed by atoms with van der Waals surface area (Å²) in [6, 6.07) is 17.6. The number of nitrogens with one attached hydrogen (secondary N) is 2. The fourth-order valence-electron chi connectivity index (χ4n) is 3.82. The summed E-state index contributed by atoms with van der Waals surface area (Å²) in [5, 5.41) is 5.57. The Bertz CT molecular complexity index is 1220. The first-order chi connectivity index (χ1) is 17.7. The molecule has 1 aliphatic heterocycles. The molecule has 0 atom stereocenters. The summed E-state index contributed by atoms with van der Waals surface area (Å²) in [5.41, 5.74) is 1.57. The maximum absolute atomic E-state index is 12.7. The van der Waals surface area contributed by atoms with Gasteiger partial charge in [-0.1, -0.05) is 36.4 Å². The topological polar surface area (TPSA) is 92.8 Å². The lowest BCUT2D eigenvalue weighted by molar-refractivity contribution is -0.274. The molecule has 0 spiro atoms. The number of alkyl halides is 3. The molecule has 4 rings (SSSR count). The minimum Gasteiger partial charge on any atom is -0.490 e. The molecule has 2 aromatic carbocycles. The summed E-state index contributed by atoms with van der Waals surface area (Å²) in [4.78, 5) is 30.9. The number of carbonyl (C=O) groups is 2. The molecule has 0 aliphatic carbocycles. The van der Waals surface area contributed by atoms with E-state index in [1.54, 1.807) is 17.0 Å². The highest BCUT2D eigenvalue weighted by Crippen LogP contribution is 2.28. The van der Waals surface area contributed by atoms with Gasteiger partial charge in [0.25, 0.3) is 5.91 Å². The summed E-state index contributed by atoms with van der Waals surface area (Å²) in [5.74, 6) is -0.450. The predicted molar refractivity (Wildman–Crippen MR) is 129 cm³/mol. The smallest absolute Gasteiger partial charge is 0.490 e. The lowest BCUT2D eigenvalue weighted by Crippen LogP contribution is -2.43. The Morgan fingerprint density at radius 2 is 1.70 bits per heavy atom. The molecule has 0 radical (unpaired) electrons. The third-order valence-electron chi connectivity index (χ3n) is 5.61. The standard InChI is InChI=1S/C26H25F3N4O4/c27-26(28,29)37-22-8-4-7-21(16-22)36-20-10-13-33(14-11-20)25(35)32-19-9-12-30-23(15-19)24(34)31-17-18-5-2-1-3-6-18/h1-9,12,15-16,20H,10-11,13-14,17H2,(H,31,34)(H,30,32,35). The molecule has 37 heavy (non-hydrogen) atoms. The number of piperidine rings is 1. The number of carbonyl (C=O) groups excluding carboxylic acids is 2. The van der Waals surface area contributed by atoms with Crippen molar-refractivity contribution in [2.45, 2.75) is 31.9 Å². The molecule has 1 saturated heterocycles. The number of amides is 3. The fourth-order valence-corrected chi connectivity index (χ4v) is 3.82. The van der Waals surface area contributed by atoms with Crippen LogP contribution in [0.3, 0.4) is 0 Å². The maximum Gasteiger partial charge on any atom is 0.573 e. The highest BCUT2D eigenvalue weighted by Gasteiger charge is 2.31. The van der Waals surface area contributed by atoms with Crippen molar-refractivity contribution >= 4 is 17.6 Å². The van der Waals surface area contributed by atoms with Crippen molar-refractivity contribution < 1.29 is 32.2 Å². The molecule has 0 bridgehead atoms. The lowest BCUT2D eigenvalue weighted by atomic mass is 10.1. The normalized spacial score (nSPS) is 14.1. The van der Waals surface area contributed by atoms with Gasteiger partial charge < -0.3 is 25.0 Å². The van der Waals surface area contributed by atoms with Gasteiger partial charge in [0.2, 0.25) is 0 Å². The zero-order valence-corrected chi connectivity index (χ0v) is 19.7. The molecule has 8 nitrogen and oxygen atoms in total. The summed E-state index contributed by atoms with van der Waals surface area (Å²) >= 11 is 0. The zero-order chi connectivity index (χ0) is 26.3. The Balaban J connectivity index is 1.25. The van der Waals surface area contributed by atoms with Crippen molar-refractivity contribution in [1.29, 1.82) is 0 Å². The van der Waals surface area contributed by atoms with E-state index in [4.69, 9.17) is 4.74 Å². The van der Waals surface area contributed by atoms with Gasteiger partial charge in [0, 0.05) is 50.4 Å². The van der Waals surface area contributed by atoms with Crippen LogP contribution in [0.1, 0.15) is 28.9 Å². The molecular weight excluding hydrogens is 489 g/mol. The van der Waals surface area contributed by atoms with Crippen LogP contribution in [0.4, 0.5) is 23.7 Å². The Morgan fingerprint density at radius 3 is 2.43 bits per heavy atom. The van der Waals surface area contributed by atoms with E-state index in [-0.39, 0.29) is 35.2 Å². The SMILES string of the molecule is O=C(NCc1ccccc1)c1cc(NC(=O)N2CCC(Oc3cccc(OC(F)(F)F)c3)CC2)ccn1. The van der Waals surface area contributed by atoms with Gasteiger partial charge in [-0.25, -0.2) is 4.79 Å². The number of pyridine rings is 1. The van der Waals surface area contributed by atoms with Gasteiger partial charge in [-0.15, -0.1) is 13.2 Å². The molecule has 0 saturated carbocycles. The van der Waals surface area contributed by atoms with E-state index in [1.165, 1.54) is 30.5 Å². The molecule has 2 N–H and O–H groups in total. The number of likely N-dealkylation sites (tertiary alicyclic amines) is 1. The highest BCUT2D eigenvalue weighted by molar-refractivity contribution is 5.95. The monoisotopic (exact) mass is 514 g/mol. The minimum absolute atomic E-state index is 0.178. The molecule has 1 fully saturated rings. The molecule has 194 valence electrons. The molecule has 1 aromatic heterocycles. The quantitative estimate of drug-likeness (QED) is 0.464. The van der Waals surface area contributed by atoms with Crippen LogP contribution in [0.2, 0.25) is 0 Å². The number of nitrogens with zero attached hydrogens (tertiary/aromatic N) is 2. The second-order valence-electron chi connectivity index (χ2n) is 8.36. The summed E-state index contributed by atoms with van der Waals surface area (Å²) in [7, 11) is 0. The van der Waals surface area contributed by atoms with Gasteiger partial charge in [-0.2, -0.15) is 0 Å². The Kier molecular flexibility index (Phi) is 8.11. The molecule has 2 heterocycles. The Morgan fingerprint density at radius 1 is 0.973 bits per heavy atom. The van der Waals surface area contributed by atoms with Gasteiger partial charge in [0.15, 0.2) is 0 Å². The first-order valence-electron chi connectivity index (χ1n) is 11.6. The zero-order valence-electron chi connectivity index (χ0n) is 19.7. The van der Waals surface area contributed by atoms with E-state index in [0.29, 0.717) is 38.2 Å². The van der Waals surface area contributed by atoms with Crippen molar-refractivity contribution in [2.24, 2.45) is 0 Å². The maximum atomic E-state index is 12.7. The highest BCUT2D eigenvalue weighted by atomic mass is 19.4. The van der Waals surface area contributed by atoms with Crippen LogP contribution < -0.4 is 20.1 Å². The van der Waals surface area contributed by atoms with Crippen LogP contribution in [0, 0.1) is 0 Å². The van der Waals surface area contributed by atoms with Gasteiger partial charge >= 0.3 is 12.4 Å². The van der Waals surface area contributed by atoms with Gasteiger partial charge in [0.1, 0.15) is 23.3 Å². The van der Waals surface area contributed by atoms with Crippen molar-refractivity contribution in [1.82, 2.24) is 15.2 Å². The number of hydrogen-bond acceptors (Lipinski definition) is 5. The number of aromatic nitrogens is 1. The van der Waals surface area contributed by atoms with Gasteiger partial charge in [-0.3, -0.25) is 9.78 Å². The van der Waals surface area contributed by atoms with Crippen LogP contribution in [-0.4, -0.2) is 47.4 Å². The first kappa shape index (κ1) is 25.8. The predicted octanol–water partition coefficient (Wildman–Crippen LogP) is 4.99. The van der Waals surface area contributed by atoms with E-state index in [2.05, 4.69) is 20.4 Å². The van der Waals surface area contributed by atoms with E-state index >= 15 is 0 Å². The number of urea groups is 1. The summed E-state index contributed by atoms with van der Waals surface area (Å²) in [6.45, 7) is 1.14. The molecule has 3 amide bonds. The van der Waals surface area contributed by atoms with Crippen LogP contribution in [0.5, 0.6) is 11.5 Å². The van der Waals surface area contributed by atoms with Crippen LogP contribution in [0.25, 0.3) is 0 Å². The molecular formula is C26H25F3N4O4. The molecule has 3 aromatic rings. The number of halogens is 3.